The smallest absolute Gasteiger partial charge is 0.177 e. The van der Waals surface area contributed by atoms with Gasteiger partial charge in [-0.05, 0) is 19.5 Å². The highest BCUT2D eigenvalue weighted by Crippen LogP contribution is 2.17. The second-order valence-corrected chi connectivity index (χ2v) is 5.97. The van der Waals surface area contributed by atoms with E-state index in [1.807, 2.05) is 24.3 Å². The molecule has 1 aliphatic heterocycles. The summed E-state index contributed by atoms with van der Waals surface area (Å²) in [4.78, 5) is 17.0. The Labute approximate surface area is 123 Å². The van der Waals surface area contributed by atoms with E-state index in [0.29, 0.717) is 12.6 Å². The molecule has 1 unspecified atom stereocenters. The predicted molar refractivity (Wildman–Crippen MR) is 81.6 cm³/mol. The molecule has 0 radical (unpaired) electrons. The van der Waals surface area contributed by atoms with E-state index in [2.05, 4.69) is 39.6 Å². The highest BCUT2D eigenvalue weighted by Gasteiger charge is 2.24. The van der Waals surface area contributed by atoms with E-state index in [1.165, 1.54) is 0 Å². The van der Waals surface area contributed by atoms with Crippen molar-refractivity contribution in [3.05, 3.63) is 34.3 Å². The van der Waals surface area contributed by atoms with Gasteiger partial charge in [0.05, 0.1) is 6.54 Å². The van der Waals surface area contributed by atoms with Gasteiger partial charge < -0.3 is 0 Å². The second kappa shape index (κ2) is 6.64. The molecule has 0 N–H and O–H groups in total. The Balaban J connectivity index is 1.95. The van der Waals surface area contributed by atoms with Crippen molar-refractivity contribution in [3.63, 3.8) is 0 Å². The fraction of sp³-hybridized carbons (Fsp3) is 0.533. The van der Waals surface area contributed by atoms with Gasteiger partial charge in [0, 0.05) is 35.7 Å². The Hall–Kier alpha value is -0.710. The van der Waals surface area contributed by atoms with Crippen molar-refractivity contribution in [2.24, 2.45) is 0 Å². The molecule has 0 aromatic heterocycles. The van der Waals surface area contributed by atoms with Gasteiger partial charge in [0.1, 0.15) is 0 Å². The van der Waals surface area contributed by atoms with Crippen LogP contribution in [0.1, 0.15) is 24.2 Å². The number of carbonyl (C=O) groups is 1. The average Bonchev–Trinajstić information content (AvgIpc) is 2.39. The van der Waals surface area contributed by atoms with Gasteiger partial charge in [-0.3, -0.25) is 14.6 Å². The molecular weight excluding hydrogens is 304 g/mol. The van der Waals surface area contributed by atoms with Crippen LogP contribution in [0, 0.1) is 0 Å². The maximum Gasteiger partial charge on any atom is 0.177 e. The van der Waals surface area contributed by atoms with E-state index in [4.69, 9.17) is 0 Å². The summed E-state index contributed by atoms with van der Waals surface area (Å²) in [6.45, 7) is 9.05. The molecule has 104 valence electrons. The van der Waals surface area contributed by atoms with E-state index < -0.39 is 0 Å². The summed E-state index contributed by atoms with van der Waals surface area (Å²) in [6.07, 6.45) is 0. The average molecular weight is 325 g/mol. The number of likely N-dealkylation sites (N-methyl/N-ethyl adjacent to an activating group) is 1. The normalized spacial score (nSPS) is 21.5. The summed E-state index contributed by atoms with van der Waals surface area (Å²) in [5.74, 6) is 0.199. The van der Waals surface area contributed by atoms with Crippen molar-refractivity contribution < 1.29 is 4.79 Å². The topological polar surface area (TPSA) is 23.6 Å². The number of halogens is 1. The van der Waals surface area contributed by atoms with E-state index in [9.17, 15) is 4.79 Å². The lowest BCUT2D eigenvalue weighted by molar-refractivity contribution is 0.0722. The van der Waals surface area contributed by atoms with Gasteiger partial charge in [-0.25, -0.2) is 0 Å². The predicted octanol–water partition coefficient (Wildman–Crippen LogP) is 2.66. The number of ketones is 1. The number of hydrogen-bond donors (Lipinski definition) is 0. The van der Waals surface area contributed by atoms with Crippen molar-refractivity contribution in [2.75, 3.05) is 32.7 Å². The standard InChI is InChI=1S/C15H21BrN2O/c1-3-18-9-8-17(10-12(18)2)11-15(19)13-6-4-5-7-14(13)16/h4-7,12H,3,8-11H2,1-2H3. The maximum absolute atomic E-state index is 12.3. The van der Waals surface area contributed by atoms with Gasteiger partial charge in [0.15, 0.2) is 5.78 Å². The van der Waals surface area contributed by atoms with Crippen LogP contribution in [0.4, 0.5) is 0 Å². The number of hydrogen-bond acceptors (Lipinski definition) is 3. The monoisotopic (exact) mass is 324 g/mol. The number of rotatable bonds is 4. The van der Waals surface area contributed by atoms with Crippen molar-refractivity contribution in [3.8, 4) is 0 Å². The molecule has 1 saturated heterocycles. The van der Waals surface area contributed by atoms with Gasteiger partial charge >= 0.3 is 0 Å². The molecule has 3 nitrogen and oxygen atoms in total. The lowest BCUT2D eigenvalue weighted by atomic mass is 10.1. The fourth-order valence-corrected chi connectivity index (χ4v) is 3.17. The summed E-state index contributed by atoms with van der Waals surface area (Å²) >= 11 is 3.45. The molecule has 0 bridgehead atoms. The zero-order valence-electron chi connectivity index (χ0n) is 11.6. The fourth-order valence-electron chi connectivity index (χ4n) is 2.66. The molecule has 0 amide bonds. The van der Waals surface area contributed by atoms with Crippen molar-refractivity contribution in [1.29, 1.82) is 0 Å². The van der Waals surface area contributed by atoms with E-state index in [-0.39, 0.29) is 5.78 Å². The minimum absolute atomic E-state index is 0.199. The van der Waals surface area contributed by atoms with Crippen LogP contribution < -0.4 is 0 Å². The molecule has 0 spiro atoms. The molecule has 1 heterocycles. The first-order chi connectivity index (χ1) is 9.11. The molecule has 1 atom stereocenters. The zero-order chi connectivity index (χ0) is 13.8. The van der Waals surface area contributed by atoms with Crippen LogP contribution in [0.3, 0.4) is 0 Å². The number of benzene rings is 1. The number of carbonyl (C=O) groups excluding carboxylic acids is 1. The summed E-state index contributed by atoms with van der Waals surface area (Å²) in [5, 5.41) is 0. The third kappa shape index (κ3) is 3.65. The first-order valence-corrected chi connectivity index (χ1v) is 7.65. The van der Waals surface area contributed by atoms with Crippen LogP contribution in [-0.2, 0) is 0 Å². The molecule has 0 aliphatic carbocycles. The van der Waals surface area contributed by atoms with Crippen LogP contribution in [0.2, 0.25) is 0 Å². The molecular formula is C15H21BrN2O. The Morgan fingerprint density at radius 3 is 2.74 bits per heavy atom. The summed E-state index contributed by atoms with van der Waals surface area (Å²) in [6, 6.07) is 8.19. The minimum Gasteiger partial charge on any atom is -0.298 e. The quantitative estimate of drug-likeness (QED) is 0.795. The summed E-state index contributed by atoms with van der Waals surface area (Å²) < 4.78 is 0.889. The van der Waals surface area contributed by atoms with Crippen LogP contribution >= 0.6 is 15.9 Å². The molecule has 1 aromatic carbocycles. The highest BCUT2D eigenvalue weighted by atomic mass is 79.9. The molecule has 1 aliphatic rings. The highest BCUT2D eigenvalue weighted by molar-refractivity contribution is 9.10. The number of nitrogens with zero attached hydrogens (tertiary/aromatic N) is 2. The molecule has 0 saturated carbocycles. The first kappa shape index (κ1) is 14.7. The van der Waals surface area contributed by atoms with Crippen molar-refractivity contribution in [1.82, 2.24) is 9.80 Å². The van der Waals surface area contributed by atoms with Gasteiger partial charge in [-0.1, -0.05) is 41.1 Å². The van der Waals surface area contributed by atoms with Crippen LogP contribution in [0.25, 0.3) is 0 Å². The lowest BCUT2D eigenvalue weighted by Crippen LogP contribution is -2.52. The Bertz CT molecular complexity index is 450. The number of piperazine rings is 1. The molecule has 4 heteroatoms. The van der Waals surface area contributed by atoms with E-state index in [1.54, 1.807) is 0 Å². The van der Waals surface area contributed by atoms with Gasteiger partial charge in [-0.15, -0.1) is 0 Å². The summed E-state index contributed by atoms with van der Waals surface area (Å²) in [7, 11) is 0. The molecule has 2 rings (SSSR count). The third-order valence-electron chi connectivity index (χ3n) is 3.80. The maximum atomic E-state index is 12.3. The SMILES string of the molecule is CCN1CCN(CC(=O)c2ccccc2Br)CC1C. The van der Waals surface area contributed by atoms with Crippen LogP contribution in [0.15, 0.2) is 28.7 Å². The lowest BCUT2D eigenvalue weighted by Gasteiger charge is -2.39. The van der Waals surface area contributed by atoms with E-state index >= 15 is 0 Å². The molecule has 1 aromatic rings. The molecule has 19 heavy (non-hydrogen) atoms. The Kier molecular flexibility index (Phi) is 5.13. The molecule has 1 fully saturated rings. The van der Waals surface area contributed by atoms with Crippen LogP contribution in [0.5, 0.6) is 0 Å². The van der Waals surface area contributed by atoms with Crippen LogP contribution in [-0.4, -0.2) is 54.3 Å². The Morgan fingerprint density at radius 1 is 1.37 bits per heavy atom. The van der Waals surface area contributed by atoms with Gasteiger partial charge in [0.25, 0.3) is 0 Å². The third-order valence-corrected chi connectivity index (χ3v) is 4.49. The van der Waals surface area contributed by atoms with Crippen molar-refractivity contribution >= 4 is 21.7 Å². The van der Waals surface area contributed by atoms with E-state index in [0.717, 1.165) is 36.2 Å². The first-order valence-electron chi connectivity index (χ1n) is 6.86. The number of Topliss-reactive ketones (excluding diaryl/α,β-unsaturated/α-hetero) is 1. The zero-order valence-corrected chi connectivity index (χ0v) is 13.2. The van der Waals surface area contributed by atoms with Gasteiger partial charge in [0.2, 0.25) is 0 Å². The van der Waals surface area contributed by atoms with Gasteiger partial charge in [-0.2, -0.15) is 0 Å². The summed E-state index contributed by atoms with van der Waals surface area (Å²) in [5.41, 5.74) is 0.785. The second-order valence-electron chi connectivity index (χ2n) is 5.12. The van der Waals surface area contributed by atoms with Crippen molar-refractivity contribution in [2.45, 2.75) is 19.9 Å². The Morgan fingerprint density at radius 2 is 2.11 bits per heavy atom. The largest absolute Gasteiger partial charge is 0.298 e. The minimum atomic E-state index is 0.199.